The monoisotopic (exact) mass is 274 g/mol. The first-order valence-electron chi connectivity index (χ1n) is 6.01. The molecule has 1 amide bonds. The number of hydrogen-bond acceptors (Lipinski definition) is 2. The van der Waals surface area contributed by atoms with Gasteiger partial charge in [0.2, 0.25) is 5.91 Å². The average molecular weight is 274 g/mol. The Morgan fingerprint density at radius 2 is 2.05 bits per heavy atom. The summed E-state index contributed by atoms with van der Waals surface area (Å²) >= 11 is 0. The molecule has 0 fully saturated rings. The largest absolute Gasteiger partial charge is 0.416 e. The lowest BCUT2D eigenvalue weighted by Gasteiger charge is -2.09. The van der Waals surface area contributed by atoms with Gasteiger partial charge in [-0.15, -0.1) is 0 Å². The van der Waals surface area contributed by atoms with Crippen molar-refractivity contribution in [3.8, 4) is 0 Å². The Balaban J connectivity index is 2.36. The lowest BCUT2D eigenvalue weighted by Crippen LogP contribution is -2.21. The van der Waals surface area contributed by atoms with E-state index < -0.39 is 11.7 Å². The van der Waals surface area contributed by atoms with Gasteiger partial charge in [-0.3, -0.25) is 4.79 Å². The van der Waals surface area contributed by atoms with Crippen molar-refractivity contribution in [1.29, 1.82) is 0 Å². The highest BCUT2D eigenvalue weighted by Gasteiger charge is 2.30. The normalized spacial score (nSPS) is 11.4. The van der Waals surface area contributed by atoms with E-state index in [1.54, 1.807) is 13.1 Å². The van der Waals surface area contributed by atoms with Crippen LogP contribution in [0.5, 0.6) is 0 Å². The number of rotatable bonds is 6. The Kier molecular flexibility index (Phi) is 5.82. The first-order chi connectivity index (χ1) is 8.93. The van der Waals surface area contributed by atoms with Crippen molar-refractivity contribution in [2.45, 2.75) is 25.6 Å². The van der Waals surface area contributed by atoms with Crippen LogP contribution >= 0.6 is 0 Å². The van der Waals surface area contributed by atoms with E-state index in [2.05, 4.69) is 10.6 Å². The van der Waals surface area contributed by atoms with Crippen molar-refractivity contribution in [3.05, 3.63) is 35.4 Å². The molecule has 0 radical (unpaired) electrons. The zero-order valence-corrected chi connectivity index (χ0v) is 10.7. The van der Waals surface area contributed by atoms with Crippen molar-refractivity contribution in [3.63, 3.8) is 0 Å². The summed E-state index contributed by atoms with van der Waals surface area (Å²) in [7, 11) is 1.57. The van der Waals surface area contributed by atoms with Gasteiger partial charge in [0.1, 0.15) is 0 Å². The predicted molar refractivity (Wildman–Crippen MR) is 66.5 cm³/mol. The molecule has 106 valence electrons. The molecule has 0 saturated carbocycles. The van der Waals surface area contributed by atoms with E-state index in [-0.39, 0.29) is 5.91 Å². The van der Waals surface area contributed by atoms with Crippen molar-refractivity contribution in [2.24, 2.45) is 0 Å². The van der Waals surface area contributed by atoms with E-state index in [9.17, 15) is 18.0 Å². The Morgan fingerprint density at radius 3 is 2.68 bits per heavy atom. The third-order valence-electron chi connectivity index (χ3n) is 2.62. The predicted octanol–water partition coefficient (Wildman–Crippen LogP) is 2.32. The molecule has 6 heteroatoms. The lowest BCUT2D eigenvalue weighted by molar-refractivity contribution is -0.137. The summed E-state index contributed by atoms with van der Waals surface area (Å²) < 4.78 is 37.4. The molecule has 1 aromatic carbocycles. The molecular formula is C13H17F3N2O. The van der Waals surface area contributed by atoms with Gasteiger partial charge in [0.05, 0.1) is 5.56 Å². The number of amides is 1. The third-order valence-corrected chi connectivity index (χ3v) is 2.62. The fourth-order valence-corrected chi connectivity index (χ4v) is 1.59. The molecule has 19 heavy (non-hydrogen) atoms. The van der Waals surface area contributed by atoms with Crippen LogP contribution in [0.3, 0.4) is 0 Å². The summed E-state index contributed by atoms with van der Waals surface area (Å²) in [5.41, 5.74) is -0.0630. The molecule has 0 aromatic heterocycles. The van der Waals surface area contributed by atoms with Crippen LogP contribution in [-0.2, 0) is 17.5 Å². The second-order valence-electron chi connectivity index (χ2n) is 4.15. The fraction of sp³-hybridized carbons (Fsp3) is 0.462. The van der Waals surface area contributed by atoms with Gasteiger partial charge in [0.25, 0.3) is 0 Å². The van der Waals surface area contributed by atoms with Crippen molar-refractivity contribution >= 4 is 5.91 Å². The van der Waals surface area contributed by atoms with E-state index in [0.29, 0.717) is 31.5 Å². The van der Waals surface area contributed by atoms with Gasteiger partial charge in [-0.05, 0) is 24.6 Å². The van der Waals surface area contributed by atoms with Crippen LogP contribution in [0.2, 0.25) is 0 Å². The van der Waals surface area contributed by atoms with Gasteiger partial charge in [-0.2, -0.15) is 13.2 Å². The van der Waals surface area contributed by atoms with Crippen LogP contribution in [0.4, 0.5) is 13.2 Å². The molecule has 0 spiro atoms. The number of carbonyl (C=O) groups is 1. The molecule has 0 unspecified atom stereocenters. The summed E-state index contributed by atoms with van der Waals surface area (Å²) in [5.74, 6) is -0.0409. The van der Waals surface area contributed by atoms with Gasteiger partial charge in [0, 0.05) is 20.0 Å². The maximum Gasteiger partial charge on any atom is 0.416 e. The number of carbonyl (C=O) groups excluding carboxylic acids is 1. The van der Waals surface area contributed by atoms with Gasteiger partial charge in [0.15, 0.2) is 0 Å². The van der Waals surface area contributed by atoms with Crippen LogP contribution in [0.15, 0.2) is 24.3 Å². The van der Waals surface area contributed by atoms with E-state index in [1.165, 1.54) is 6.07 Å². The van der Waals surface area contributed by atoms with Gasteiger partial charge < -0.3 is 10.6 Å². The van der Waals surface area contributed by atoms with Crippen molar-refractivity contribution in [2.75, 3.05) is 13.6 Å². The maximum absolute atomic E-state index is 12.5. The molecule has 0 aliphatic heterocycles. The summed E-state index contributed by atoms with van der Waals surface area (Å²) in [6, 6.07) is 5.21. The quantitative estimate of drug-likeness (QED) is 0.782. The standard InChI is InChI=1S/C13H17F3N2O/c1-17-12(19)6-3-7-18-9-10-4-2-5-11(8-10)13(14,15)16/h2,4-5,8,18H,3,6-7,9H2,1H3,(H,17,19). The lowest BCUT2D eigenvalue weighted by atomic mass is 10.1. The zero-order valence-electron chi connectivity index (χ0n) is 10.7. The summed E-state index contributed by atoms with van der Waals surface area (Å²) in [6.45, 7) is 0.946. The van der Waals surface area contributed by atoms with Crippen molar-refractivity contribution < 1.29 is 18.0 Å². The van der Waals surface area contributed by atoms with Gasteiger partial charge in [-0.25, -0.2) is 0 Å². The van der Waals surface area contributed by atoms with E-state index in [0.717, 1.165) is 12.1 Å². The number of hydrogen-bond donors (Lipinski definition) is 2. The Morgan fingerprint density at radius 1 is 1.32 bits per heavy atom. The molecule has 0 aliphatic rings. The molecule has 1 aromatic rings. The summed E-state index contributed by atoms with van der Waals surface area (Å²) in [4.78, 5) is 10.9. The maximum atomic E-state index is 12.5. The molecule has 0 atom stereocenters. The minimum absolute atomic E-state index is 0.0409. The highest BCUT2D eigenvalue weighted by atomic mass is 19.4. The number of alkyl halides is 3. The molecular weight excluding hydrogens is 257 g/mol. The average Bonchev–Trinajstić information content (AvgIpc) is 2.37. The van der Waals surface area contributed by atoms with Gasteiger partial charge in [-0.1, -0.05) is 18.2 Å². The van der Waals surface area contributed by atoms with Crippen molar-refractivity contribution in [1.82, 2.24) is 10.6 Å². The number of nitrogens with one attached hydrogen (secondary N) is 2. The second-order valence-corrected chi connectivity index (χ2v) is 4.15. The highest BCUT2D eigenvalue weighted by molar-refractivity contribution is 5.75. The van der Waals surface area contributed by atoms with Gasteiger partial charge >= 0.3 is 6.18 Å². The third kappa shape index (κ3) is 5.74. The summed E-state index contributed by atoms with van der Waals surface area (Å²) in [6.07, 6.45) is -3.25. The first kappa shape index (κ1) is 15.5. The number of halogens is 3. The molecule has 3 nitrogen and oxygen atoms in total. The Labute approximate surface area is 110 Å². The summed E-state index contributed by atoms with van der Waals surface area (Å²) in [5, 5.41) is 5.52. The van der Waals surface area contributed by atoms with Crippen LogP contribution < -0.4 is 10.6 Å². The molecule has 0 saturated heterocycles. The van der Waals surface area contributed by atoms with E-state index in [4.69, 9.17) is 0 Å². The van der Waals surface area contributed by atoms with E-state index >= 15 is 0 Å². The zero-order chi connectivity index (χ0) is 14.3. The highest BCUT2D eigenvalue weighted by Crippen LogP contribution is 2.29. The SMILES string of the molecule is CNC(=O)CCCNCc1cccc(C(F)(F)F)c1. The fourth-order valence-electron chi connectivity index (χ4n) is 1.59. The van der Waals surface area contributed by atoms with Crippen LogP contribution in [0, 0.1) is 0 Å². The molecule has 2 N–H and O–H groups in total. The number of benzene rings is 1. The Hall–Kier alpha value is -1.56. The molecule has 0 heterocycles. The van der Waals surface area contributed by atoms with Crippen LogP contribution in [0.1, 0.15) is 24.0 Å². The minimum Gasteiger partial charge on any atom is -0.359 e. The first-order valence-corrected chi connectivity index (χ1v) is 6.01. The Bertz CT molecular complexity index is 419. The molecule has 1 rings (SSSR count). The minimum atomic E-state index is -4.31. The second kappa shape index (κ2) is 7.13. The molecule has 0 aliphatic carbocycles. The van der Waals surface area contributed by atoms with Crippen LogP contribution in [-0.4, -0.2) is 19.5 Å². The molecule has 0 bridgehead atoms. The van der Waals surface area contributed by atoms with Crippen LogP contribution in [0.25, 0.3) is 0 Å². The van der Waals surface area contributed by atoms with E-state index in [1.807, 2.05) is 0 Å². The topological polar surface area (TPSA) is 41.1 Å². The smallest absolute Gasteiger partial charge is 0.359 e.